The number of benzene rings is 20. The van der Waals surface area contributed by atoms with Crippen molar-refractivity contribution in [3.8, 4) is 100 Å². The molecule has 0 fully saturated rings. The topological polar surface area (TPSA) is 16.3 Å². The summed E-state index contributed by atoms with van der Waals surface area (Å²) in [4.78, 5) is 4.90. The lowest BCUT2D eigenvalue weighted by atomic mass is 9.70. The molecule has 22 aromatic rings. The molecule has 3 aliphatic rings. The predicted molar refractivity (Wildman–Crippen MR) is 529 cm³/mol. The third-order valence-corrected chi connectivity index (χ3v) is 27.0. The van der Waals surface area contributed by atoms with Gasteiger partial charge in [-0.3, -0.25) is 0 Å². The molecule has 0 amide bonds. The van der Waals surface area contributed by atoms with Crippen molar-refractivity contribution < 1.29 is 0 Å². The van der Waals surface area contributed by atoms with Gasteiger partial charge in [0.25, 0.3) is 0 Å². The molecule has 0 unspecified atom stereocenters. The van der Waals surface area contributed by atoms with Crippen molar-refractivity contribution in [2.75, 3.05) is 9.80 Å². The number of aromatic nitrogens is 2. The number of fused-ring (bicyclic) bond motifs is 20. The molecule has 0 N–H and O–H groups in total. The Morgan fingerprint density at radius 2 is 0.500 bits per heavy atom. The fourth-order valence-corrected chi connectivity index (χ4v) is 21.2. The van der Waals surface area contributed by atoms with Crippen LogP contribution in [0.15, 0.2) is 473 Å². The summed E-state index contributed by atoms with van der Waals surface area (Å²) < 4.78 is 4.76. The maximum Gasteiger partial charge on any atom is 0.0726 e. The second-order valence-electron chi connectivity index (χ2n) is 34.2. The normalized spacial score (nSPS) is 12.8. The van der Waals surface area contributed by atoms with E-state index < -0.39 is 5.41 Å². The first-order valence-corrected chi connectivity index (χ1v) is 43.8. The summed E-state index contributed by atoms with van der Waals surface area (Å²) in [6, 6.07) is 174. The zero-order chi connectivity index (χ0) is 83.6. The summed E-state index contributed by atoms with van der Waals surface area (Å²) in [5.41, 5.74) is 41.3. The summed E-state index contributed by atoms with van der Waals surface area (Å²) in [5.74, 6) is 0. The highest BCUT2D eigenvalue weighted by Crippen LogP contribution is 2.64. The average Bonchev–Trinajstić information content (AvgIpc) is 1.51. The molecule has 25 rings (SSSR count). The molecule has 0 radical (unpaired) electrons. The molecule has 1 spiro atoms. The van der Waals surface area contributed by atoms with Crippen molar-refractivity contribution in [2.24, 2.45) is 0 Å². The van der Waals surface area contributed by atoms with Gasteiger partial charge >= 0.3 is 0 Å². The fraction of sp³-hybridized carbons (Fsp3) is 0.0328. The van der Waals surface area contributed by atoms with Crippen LogP contribution in [0.25, 0.3) is 155 Å². The van der Waals surface area contributed by atoms with Crippen LogP contribution in [-0.2, 0) is 10.8 Å². The SMILES string of the molecule is CC1(C)c2ccccc2-c2ccc(N(c3cccc(-c4ccccc4)c3)c3ccc(-c4ccc5c(c4)c4ccccc4n5-c4ccccc4)c4ccccc34)cc21.c1ccc(-c2ccc(-c3ccc(N(c4ccc(-c5ccc6c(c5)c5ccccc5n6-c5ccccc5)cc4)c4ccc5c(c4)C4(c6ccccc6-c6ccccc64)c4ccccc4-5)cc3)cc2)cc1. The molecule has 4 nitrogen and oxygen atoms in total. The van der Waals surface area contributed by atoms with Crippen molar-refractivity contribution in [3.05, 3.63) is 507 Å². The largest absolute Gasteiger partial charge is 0.310 e. The summed E-state index contributed by atoms with van der Waals surface area (Å²) in [6.07, 6.45) is 0. The van der Waals surface area contributed by atoms with Crippen molar-refractivity contribution in [2.45, 2.75) is 24.7 Å². The minimum atomic E-state index is -0.442. The molecule has 126 heavy (non-hydrogen) atoms. The fourth-order valence-electron chi connectivity index (χ4n) is 21.2. The van der Waals surface area contributed by atoms with Crippen LogP contribution >= 0.6 is 0 Å². The summed E-state index contributed by atoms with van der Waals surface area (Å²) in [5, 5.41) is 7.43. The molecule has 2 aromatic heterocycles. The molecule has 0 saturated heterocycles. The van der Waals surface area contributed by atoms with Gasteiger partial charge in [-0.05, 0) is 255 Å². The van der Waals surface area contributed by atoms with Gasteiger partial charge in [0.05, 0.1) is 33.2 Å². The van der Waals surface area contributed by atoms with Crippen molar-refractivity contribution in [3.63, 3.8) is 0 Å². The first-order chi connectivity index (χ1) is 62.3. The Balaban J connectivity index is 0.000000144. The van der Waals surface area contributed by atoms with E-state index >= 15 is 0 Å². The average molecular weight is 1610 g/mol. The lowest BCUT2D eigenvalue weighted by Gasteiger charge is -2.32. The molecule has 0 atom stereocenters. The van der Waals surface area contributed by atoms with Gasteiger partial charge in [0.2, 0.25) is 0 Å². The standard InChI is InChI=1S/C67H44N2.C55H40N2/c1-3-15-45(16-4-1)46-27-29-47(30-28-46)48-31-36-52(37-32-48)68(53-38-33-49(34-39-53)50-35-42-66-60(43-50)59-22-10-14-26-65(59)69(66)51-17-5-2-6-18-51)54-40-41-58-57-21-9-13-25-63(57)67(64(58)44-54)61-23-11-7-19-55(61)56-20-8-12-24-62(56)67;1-55(2)50-26-13-11-23-45(50)46-30-29-42(36-51(46)55)56(41-21-15-18-38(34-41)37-16-5-3-6-17-37)53-33-31-43(44-22-9-10-24-47(44)53)39-28-32-54-49(35-39)48-25-12-14-27-52(48)57(54)40-19-7-4-8-20-40/h1-44H;3-36H,1-2H3. The van der Waals surface area contributed by atoms with E-state index in [0.29, 0.717) is 0 Å². The van der Waals surface area contributed by atoms with Gasteiger partial charge in [-0.15, -0.1) is 0 Å². The molecule has 0 aliphatic heterocycles. The highest BCUT2D eigenvalue weighted by molar-refractivity contribution is 6.14. The molecule has 20 aromatic carbocycles. The Kier molecular flexibility index (Phi) is 17.5. The van der Waals surface area contributed by atoms with E-state index in [1.54, 1.807) is 0 Å². The van der Waals surface area contributed by atoms with E-state index in [9.17, 15) is 0 Å². The lowest BCUT2D eigenvalue weighted by Crippen LogP contribution is -2.26. The van der Waals surface area contributed by atoms with E-state index in [1.165, 1.54) is 182 Å². The zero-order valence-corrected chi connectivity index (χ0v) is 69.8. The Hall–Kier alpha value is -16.1. The minimum Gasteiger partial charge on any atom is -0.310 e. The maximum atomic E-state index is 2.48. The smallest absolute Gasteiger partial charge is 0.0726 e. The molecular formula is C122H84N4. The van der Waals surface area contributed by atoms with E-state index in [0.717, 1.165) is 39.8 Å². The van der Waals surface area contributed by atoms with Gasteiger partial charge in [-0.2, -0.15) is 0 Å². The molecular weight excluding hydrogens is 1520 g/mol. The Labute approximate surface area is 734 Å². The van der Waals surface area contributed by atoms with E-state index in [1.807, 2.05) is 0 Å². The molecule has 0 saturated carbocycles. The highest BCUT2D eigenvalue weighted by Gasteiger charge is 2.52. The molecule has 3 aliphatic carbocycles. The van der Waals surface area contributed by atoms with Crippen LogP contribution < -0.4 is 9.80 Å². The number of anilines is 6. The molecule has 592 valence electrons. The van der Waals surface area contributed by atoms with Crippen LogP contribution in [0.5, 0.6) is 0 Å². The Morgan fingerprint density at radius 3 is 1.03 bits per heavy atom. The number of nitrogens with zero attached hydrogens (tertiary/aromatic N) is 4. The van der Waals surface area contributed by atoms with E-state index in [2.05, 4.69) is 506 Å². The predicted octanol–water partition coefficient (Wildman–Crippen LogP) is 32.6. The zero-order valence-electron chi connectivity index (χ0n) is 69.8. The van der Waals surface area contributed by atoms with Crippen LogP contribution in [-0.4, -0.2) is 9.13 Å². The van der Waals surface area contributed by atoms with Gasteiger partial charge in [0.15, 0.2) is 0 Å². The number of rotatable bonds is 13. The lowest BCUT2D eigenvalue weighted by molar-refractivity contribution is 0.660. The first kappa shape index (κ1) is 73.8. The third kappa shape index (κ3) is 11.9. The van der Waals surface area contributed by atoms with Gasteiger partial charge in [-0.1, -0.05) is 360 Å². The first-order valence-electron chi connectivity index (χ1n) is 43.8. The highest BCUT2D eigenvalue weighted by atomic mass is 15.2. The quantitative estimate of drug-likeness (QED) is 0.114. The van der Waals surface area contributed by atoms with Crippen LogP contribution in [0.2, 0.25) is 0 Å². The van der Waals surface area contributed by atoms with E-state index in [4.69, 9.17) is 0 Å². The van der Waals surface area contributed by atoms with Gasteiger partial charge in [0, 0.05) is 72.2 Å². The van der Waals surface area contributed by atoms with Crippen molar-refractivity contribution in [1.29, 1.82) is 0 Å². The third-order valence-electron chi connectivity index (χ3n) is 27.0. The monoisotopic (exact) mass is 1600 g/mol. The van der Waals surface area contributed by atoms with Crippen molar-refractivity contribution in [1.82, 2.24) is 9.13 Å². The maximum absolute atomic E-state index is 2.48. The number of hydrogen-bond acceptors (Lipinski definition) is 2. The van der Waals surface area contributed by atoms with Gasteiger partial charge in [0.1, 0.15) is 0 Å². The summed E-state index contributed by atoms with van der Waals surface area (Å²) in [7, 11) is 0. The summed E-state index contributed by atoms with van der Waals surface area (Å²) >= 11 is 0. The van der Waals surface area contributed by atoms with Crippen LogP contribution in [0.4, 0.5) is 34.1 Å². The number of hydrogen-bond donors (Lipinski definition) is 0. The summed E-state index contributed by atoms with van der Waals surface area (Å²) in [6.45, 7) is 4.72. The van der Waals surface area contributed by atoms with Gasteiger partial charge in [-0.25, -0.2) is 0 Å². The van der Waals surface area contributed by atoms with Crippen LogP contribution in [0.3, 0.4) is 0 Å². The second-order valence-corrected chi connectivity index (χ2v) is 34.2. The Bertz CT molecular complexity index is 7950. The van der Waals surface area contributed by atoms with Gasteiger partial charge < -0.3 is 18.9 Å². The molecule has 0 bridgehead atoms. The minimum absolute atomic E-state index is 0.117. The number of para-hydroxylation sites is 4. The van der Waals surface area contributed by atoms with Crippen LogP contribution in [0, 0.1) is 0 Å². The van der Waals surface area contributed by atoms with Crippen molar-refractivity contribution >= 4 is 88.5 Å². The van der Waals surface area contributed by atoms with Crippen LogP contribution in [0.1, 0.15) is 47.2 Å². The van der Waals surface area contributed by atoms with E-state index in [-0.39, 0.29) is 5.41 Å². The Morgan fingerprint density at radius 1 is 0.175 bits per heavy atom. The molecule has 4 heteroatoms. The molecule has 2 heterocycles. The second kappa shape index (κ2) is 29.9.